The number of para-hydroxylation sites is 1. The quantitative estimate of drug-likeness (QED) is 0.408. The number of pyridine rings is 1. The number of aryl methyl sites for hydroxylation is 1. The van der Waals surface area contributed by atoms with Gasteiger partial charge in [-0.2, -0.15) is 5.26 Å². The molecule has 2 aromatic carbocycles. The first-order valence-electron chi connectivity index (χ1n) is 8.94. The second-order valence-electron chi connectivity index (χ2n) is 6.61. The summed E-state index contributed by atoms with van der Waals surface area (Å²) in [7, 11) is 0. The molecule has 3 aromatic rings. The molecule has 2 N–H and O–H groups in total. The van der Waals surface area contributed by atoms with Gasteiger partial charge in [-0.1, -0.05) is 48.0 Å². The Morgan fingerprint density at radius 1 is 1.14 bits per heavy atom. The maximum Gasteiger partial charge on any atom is 0.339 e. The molecule has 0 radical (unpaired) electrons. The van der Waals surface area contributed by atoms with E-state index in [-0.39, 0.29) is 11.3 Å². The van der Waals surface area contributed by atoms with Crippen molar-refractivity contribution in [2.24, 2.45) is 5.73 Å². The van der Waals surface area contributed by atoms with Gasteiger partial charge in [-0.05, 0) is 26.0 Å². The van der Waals surface area contributed by atoms with E-state index in [4.69, 9.17) is 15.7 Å². The summed E-state index contributed by atoms with van der Waals surface area (Å²) in [4.78, 5) is 29.5. The van der Waals surface area contributed by atoms with Crippen LogP contribution < -0.4 is 5.73 Å². The highest BCUT2D eigenvalue weighted by atomic mass is 16.5. The fraction of sp³-hybridized carbons (Fsp3) is 0.130. The number of Topliss-reactive ketones (excluding diaryl/α,β-unsaturated/α-hetero) is 1. The Kier molecular flexibility index (Phi) is 5.70. The molecule has 0 fully saturated rings. The fourth-order valence-corrected chi connectivity index (χ4v) is 2.87. The molecule has 0 aliphatic rings. The minimum Gasteiger partial charge on any atom is -0.454 e. The van der Waals surface area contributed by atoms with Gasteiger partial charge in [-0.15, -0.1) is 0 Å². The van der Waals surface area contributed by atoms with Crippen molar-refractivity contribution >= 4 is 22.7 Å². The van der Waals surface area contributed by atoms with E-state index in [1.807, 2.05) is 43.3 Å². The Bertz CT molecular complexity index is 1170. The van der Waals surface area contributed by atoms with Crippen molar-refractivity contribution in [2.75, 3.05) is 6.61 Å². The molecule has 0 aliphatic heterocycles. The first kappa shape index (κ1) is 19.8. The Hall–Kier alpha value is -3.98. The molecule has 0 saturated heterocycles. The lowest BCUT2D eigenvalue weighted by Crippen LogP contribution is -2.18. The van der Waals surface area contributed by atoms with Crippen LogP contribution in [0.5, 0.6) is 0 Å². The smallest absolute Gasteiger partial charge is 0.339 e. The van der Waals surface area contributed by atoms with E-state index in [2.05, 4.69) is 4.98 Å². The van der Waals surface area contributed by atoms with Crippen LogP contribution in [0.4, 0.5) is 0 Å². The number of carbonyl (C=O) groups excluding carboxylic acids is 2. The number of carbonyl (C=O) groups is 2. The van der Waals surface area contributed by atoms with Crippen LogP contribution in [0.2, 0.25) is 0 Å². The van der Waals surface area contributed by atoms with Gasteiger partial charge in [0.05, 0.1) is 16.8 Å². The number of fused-ring (bicyclic) bond motifs is 1. The van der Waals surface area contributed by atoms with Gasteiger partial charge >= 0.3 is 5.97 Å². The number of rotatable bonds is 5. The topological polar surface area (TPSA) is 106 Å². The van der Waals surface area contributed by atoms with Gasteiger partial charge in [0.1, 0.15) is 11.6 Å². The summed E-state index contributed by atoms with van der Waals surface area (Å²) in [5.41, 5.74) is 8.93. The van der Waals surface area contributed by atoms with Crippen LogP contribution >= 0.6 is 0 Å². The lowest BCUT2D eigenvalue weighted by molar-refractivity contribution is -0.118. The lowest BCUT2D eigenvalue weighted by atomic mass is 10.0. The number of nitrogens with zero attached hydrogens (tertiary/aromatic N) is 2. The van der Waals surface area contributed by atoms with Crippen LogP contribution in [0.1, 0.15) is 22.8 Å². The van der Waals surface area contributed by atoms with Crippen LogP contribution in [0.25, 0.3) is 22.2 Å². The monoisotopic (exact) mass is 385 g/mol. The van der Waals surface area contributed by atoms with Gasteiger partial charge < -0.3 is 10.5 Å². The average molecular weight is 385 g/mol. The van der Waals surface area contributed by atoms with E-state index in [1.165, 1.54) is 6.92 Å². The summed E-state index contributed by atoms with van der Waals surface area (Å²) in [5, 5.41) is 9.63. The van der Waals surface area contributed by atoms with Crippen molar-refractivity contribution in [1.82, 2.24) is 4.98 Å². The number of benzene rings is 2. The highest BCUT2D eigenvalue weighted by Gasteiger charge is 2.18. The predicted molar refractivity (Wildman–Crippen MR) is 110 cm³/mol. The van der Waals surface area contributed by atoms with Gasteiger partial charge in [0.15, 0.2) is 6.61 Å². The Balaban J connectivity index is 1.96. The Morgan fingerprint density at radius 2 is 1.83 bits per heavy atom. The first-order chi connectivity index (χ1) is 13.9. The molecule has 1 heterocycles. The minimum atomic E-state index is -0.669. The zero-order valence-electron chi connectivity index (χ0n) is 16.1. The van der Waals surface area contributed by atoms with Crippen molar-refractivity contribution in [3.05, 3.63) is 77.0 Å². The Morgan fingerprint density at radius 3 is 2.48 bits per heavy atom. The van der Waals surface area contributed by atoms with Crippen molar-refractivity contribution in [3.63, 3.8) is 0 Å². The molecule has 0 saturated carbocycles. The lowest BCUT2D eigenvalue weighted by Gasteiger charge is -2.10. The van der Waals surface area contributed by atoms with Crippen LogP contribution in [0.15, 0.2) is 65.9 Å². The van der Waals surface area contributed by atoms with E-state index in [0.29, 0.717) is 22.2 Å². The van der Waals surface area contributed by atoms with E-state index in [0.717, 1.165) is 11.1 Å². The summed E-state index contributed by atoms with van der Waals surface area (Å²) in [6.45, 7) is 2.87. The van der Waals surface area contributed by atoms with Gasteiger partial charge in [-0.25, -0.2) is 9.78 Å². The first-order valence-corrected chi connectivity index (χ1v) is 8.94. The zero-order valence-corrected chi connectivity index (χ0v) is 16.1. The van der Waals surface area contributed by atoms with Crippen molar-refractivity contribution in [1.29, 1.82) is 5.26 Å². The predicted octanol–water partition coefficient (Wildman–Crippen LogP) is 3.69. The van der Waals surface area contributed by atoms with Crippen LogP contribution in [0, 0.1) is 18.3 Å². The van der Waals surface area contributed by atoms with E-state index in [9.17, 15) is 9.59 Å². The molecule has 6 heteroatoms. The maximum atomic E-state index is 12.7. The Labute approximate surface area is 168 Å². The SMILES string of the molecule is C/C(N)=C(/C#N)C(=O)COC(=O)c1cc(-c2ccc(C)cc2)nc2ccccc12. The number of hydrogen-bond acceptors (Lipinski definition) is 6. The van der Waals surface area contributed by atoms with Gasteiger partial charge in [0, 0.05) is 16.6 Å². The van der Waals surface area contributed by atoms with E-state index >= 15 is 0 Å². The molecule has 0 unspecified atom stereocenters. The summed E-state index contributed by atoms with van der Waals surface area (Å²) in [6.07, 6.45) is 0. The molecule has 0 aliphatic carbocycles. The minimum absolute atomic E-state index is 0.0876. The molecule has 0 amide bonds. The molecule has 0 bridgehead atoms. The third-order valence-electron chi connectivity index (χ3n) is 4.40. The molecule has 0 spiro atoms. The third-order valence-corrected chi connectivity index (χ3v) is 4.40. The summed E-state index contributed by atoms with van der Waals surface area (Å²) in [5.74, 6) is -1.31. The third kappa shape index (κ3) is 4.30. The maximum absolute atomic E-state index is 12.7. The summed E-state index contributed by atoms with van der Waals surface area (Å²) >= 11 is 0. The normalized spacial score (nSPS) is 11.5. The van der Waals surface area contributed by atoms with Gasteiger partial charge in [0.2, 0.25) is 5.78 Å². The molecular formula is C23H19N3O3. The zero-order chi connectivity index (χ0) is 21.0. The number of ether oxygens (including phenoxy) is 1. The van der Waals surface area contributed by atoms with Crippen molar-refractivity contribution in [2.45, 2.75) is 13.8 Å². The molecular weight excluding hydrogens is 366 g/mol. The number of aromatic nitrogens is 1. The molecule has 29 heavy (non-hydrogen) atoms. The van der Waals surface area contributed by atoms with Crippen molar-refractivity contribution in [3.8, 4) is 17.3 Å². The summed E-state index contributed by atoms with van der Waals surface area (Å²) in [6, 6.07) is 18.4. The molecule has 3 rings (SSSR count). The number of hydrogen-bond donors (Lipinski definition) is 1. The number of ketones is 1. The van der Waals surface area contributed by atoms with E-state index < -0.39 is 18.4 Å². The van der Waals surface area contributed by atoms with Crippen LogP contribution in [-0.2, 0) is 9.53 Å². The molecule has 1 aromatic heterocycles. The van der Waals surface area contributed by atoms with E-state index in [1.54, 1.807) is 24.3 Å². The highest BCUT2D eigenvalue weighted by molar-refractivity contribution is 6.06. The highest BCUT2D eigenvalue weighted by Crippen LogP contribution is 2.25. The number of nitrogens with two attached hydrogens (primary N) is 1. The standard InChI is InChI=1S/C23H19N3O3/c1-14-7-9-16(10-8-14)21-11-18(17-5-3-4-6-20(17)26-21)23(28)29-13-22(27)19(12-24)15(2)25/h3-11H,13,25H2,1-2H3/b19-15+. The second-order valence-corrected chi connectivity index (χ2v) is 6.61. The number of nitriles is 1. The largest absolute Gasteiger partial charge is 0.454 e. The number of esters is 1. The van der Waals surface area contributed by atoms with Gasteiger partial charge in [-0.3, -0.25) is 4.79 Å². The van der Waals surface area contributed by atoms with Crippen LogP contribution in [-0.4, -0.2) is 23.3 Å². The molecule has 0 atom stereocenters. The molecule has 144 valence electrons. The van der Waals surface area contributed by atoms with Gasteiger partial charge in [0.25, 0.3) is 0 Å². The fourth-order valence-electron chi connectivity index (χ4n) is 2.87. The second kappa shape index (κ2) is 8.36. The van der Waals surface area contributed by atoms with Crippen LogP contribution in [0.3, 0.4) is 0 Å². The average Bonchev–Trinajstić information content (AvgIpc) is 2.72. The molecule has 6 nitrogen and oxygen atoms in total. The summed E-state index contributed by atoms with van der Waals surface area (Å²) < 4.78 is 5.18. The van der Waals surface area contributed by atoms with Crippen molar-refractivity contribution < 1.29 is 14.3 Å². The number of allylic oxidation sites excluding steroid dienone is 1.